The van der Waals surface area contributed by atoms with Crippen LogP contribution in [0, 0.1) is 17.1 Å². The van der Waals surface area contributed by atoms with Crippen LogP contribution in [0.2, 0.25) is 0 Å². The number of nitrogens with zero attached hydrogens (tertiary/aromatic N) is 3. The van der Waals surface area contributed by atoms with E-state index in [-0.39, 0.29) is 23.4 Å². The Balaban J connectivity index is 1.84. The molecule has 0 unspecified atom stereocenters. The van der Waals surface area contributed by atoms with Gasteiger partial charge in [0.1, 0.15) is 18.4 Å². The summed E-state index contributed by atoms with van der Waals surface area (Å²) in [5.74, 6) is -5.06. The average Bonchev–Trinajstić information content (AvgIpc) is 2.70. The second kappa shape index (κ2) is 8.16. The first-order chi connectivity index (χ1) is 14.2. The summed E-state index contributed by atoms with van der Waals surface area (Å²) in [6.07, 6.45) is 0. The van der Waals surface area contributed by atoms with Gasteiger partial charge in [0.25, 0.3) is 11.8 Å². The van der Waals surface area contributed by atoms with E-state index in [1.54, 1.807) is 6.07 Å². The zero-order valence-corrected chi connectivity index (χ0v) is 16.0. The number of halogens is 3. The van der Waals surface area contributed by atoms with E-state index in [4.69, 9.17) is 5.26 Å². The van der Waals surface area contributed by atoms with Crippen molar-refractivity contribution in [3.63, 3.8) is 0 Å². The maximum Gasteiger partial charge on any atom is 0.270 e. The summed E-state index contributed by atoms with van der Waals surface area (Å²) < 4.78 is 41.1. The average molecular weight is 417 g/mol. The third kappa shape index (κ3) is 4.14. The van der Waals surface area contributed by atoms with Crippen LogP contribution in [0.5, 0.6) is 0 Å². The van der Waals surface area contributed by atoms with Gasteiger partial charge in [0.05, 0.1) is 23.9 Å². The first-order valence-corrected chi connectivity index (χ1v) is 9.04. The fourth-order valence-corrected chi connectivity index (χ4v) is 3.26. The summed E-state index contributed by atoms with van der Waals surface area (Å²) in [5, 5.41) is 18.6. The predicted octanol–water partition coefficient (Wildman–Crippen LogP) is 2.55. The Morgan fingerprint density at radius 2 is 1.87 bits per heavy atom. The minimum atomic E-state index is -3.01. The zero-order valence-electron chi connectivity index (χ0n) is 16.0. The Morgan fingerprint density at radius 3 is 2.40 bits per heavy atom. The summed E-state index contributed by atoms with van der Waals surface area (Å²) in [6.45, 7) is -0.449. The summed E-state index contributed by atoms with van der Waals surface area (Å²) in [4.78, 5) is 27.6. The van der Waals surface area contributed by atoms with Gasteiger partial charge in [-0.25, -0.2) is 13.2 Å². The molecular formula is C21H18F3N3O3. The molecule has 1 fully saturated rings. The van der Waals surface area contributed by atoms with E-state index in [2.05, 4.69) is 0 Å². The van der Waals surface area contributed by atoms with Gasteiger partial charge in [-0.2, -0.15) is 5.26 Å². The molecule has 1 aliphatic heterocycles. The number of rotatable bonds is 5. The van der Waals surface area contributed by atoms with Crippen molar-refractivity contribution in [2.24, 2.45) is 0 Å². The third-order valence-corrected chi connectivity index (χ3v) is 4.90. The summed E-state index contributed by atoms with van der Waals surface area (Å²) in [5.41, 5.74) is 0.211. The van der Waals surface area contributed by atoms with E-state index in [1.165, 1.54) is 36.4 Å². The van der Waals surface area contributed by atoms with Gasteiger partial charge in [0.2, 0.25) is 5.91 Å². The second-order valence-corrected chi connectivity index (χ2v) is 7.01. The molecule has 1 atom stereocenters. The van der Waals surface area contributed by atoms with Crippen molar-refractivity contribution in [1.82, 2.24) is 4.90 Å². The highest BCUT2D eigenvalue weighted by Crippen LogP contribution is 2.28. The molecule has 0 spiro atoms. The number of benzene rings is 2. The van der Waals surface area contributed by atoms with Crippen molar-refractivity contribution < 1.29 is 27.9 Å². The van der Waals surface area contributed by atoms with Gasteiger partial charge in [-0.1, -0.05) is 24.3 Å². The highest BCUT2D eigenvalue weighted by molar-refractivity contribution is 6.06. The SMILES string of the molecule is CC(F)(F)c1ccc(CN2C(=O)CN(c3ccc(C#N)cc3F)C(=O)[C@@H]2CO)cc1. The number of carbonyl (C=O) groups excluding carboxylic acids is 2. The van der Waals surface area contributed by atoms with Crippen molar-refractivity contribution in [1.29, 1.82) is 5.26 Å². The Bertz CT molecular complexity index is 1010. The highest BCUT2D eigenvalue weighted by Gasteiger charge is 2.40. The van der Waals surface area contributed by atoms with Crippen LogP contribution < -0.4 is 4.90 Å². The maximum atomic E-state index is 14.3. The lowest BCUT2D eigenvalue weighted by molar-refractivity contribution is -0.145. The molecule has 0 saturated carbocycles. The molecule has 156 valence electrons. The van der Waals surface area contributed by atoms with Gasteiger partial charge >= 0.3 is 0 Å². The summed E-state index contributed by atoms with van der Waals surface area (Å²) in [7, 11) is 0. The van der Waals surface area contributed by atoms with E-state index >= 15 is 0 Å². The molecule has 6 nitrogen and oxygen atoms in total. The molecule has 1 heterocycles. The minimum Gasteiger partial charge on any atom is -0.394 e. The number of aliphatic hydroxyl groups is 1. The molecule has 2 aromatic rings. The maximum absolute atomic E-state index is 14.3. The topological polar surface area (TPSA) is 84.6 Å². The van der Waals surface area contributed by atoms with Crippen LogP contribution in [-0.2, 0) is 22.1 Å². The first-order valence-electron chi connectivity index (χ1n) is 9.04. The molecule has 0 aliphatic carbocycles. The van der Waals surface area contributed by atoms with Crippen LogP contribution in [-0.4, -0.2) is 41.0 Å². The molecule has 0 aromatic heterocycles. The molecular weight excluding hydrogens is 399 g/mol. The van der Waals surface area contributed by atoms with E-state index in [1.807, 2.05) is 0 Å². The number of anilines is 1. The lowest BCUT2D eigenvalue weighted by Crippen LogP contribution is -2.61. The molecule has 1 saturated heterocycles. The monoisotopic (exact) mass is 417 g/mol. The Hall–Kier alpha value is -3.38. The third-order valence-electron chi connectivity index (χ3n) is 4.90. The van der Waals surface area contributed by atoms with Crippen LogP contribution in [0.4, 0.5) is 18.9 Å². The van der Waals surface area contributed by atoms with Crippen molar-refractivity contribution in [3.05, 3.63) is 65.0 Å². The molecule has 9 heteroatoms. The van der Waals surface area contributed by atoms with E-state index in [0.29, 0.717) is 5.56 Å². The highest BCUT2D eigenvalue weighted by atomic mass is 19.3. The standard InChI is InChI=1S/C21H18F3N3O3/c1-21(23,24)15-5-2-13(3-6-15)10-26-18(12-28)20(30)27(11-19(26)29)17-7-4-14(9-25)8-16(17)22/h2-8,18,28H,10-12H2,1H3/t18-/m0/s1. The fourth-order valence-electron chi connectivity index (χ4n) is 3.26. The van der Waals surface area contributed by atoms with Crippen molar-refractivity contribution in [2.45, 2.75) is 25.4 Å². The minimum absolute atomic E-state index is 0.0634. The molecule has 1 aliphatic rings. The number of hydrogen-bond acceptors (Lipinski definition) is 4. The van der Waals surface area contributed by atoms with Crippen LogP contribution in [0.1, 0.15) is 23.6 Å². The molecule has 0 radical (unpaired) electrons. The lowest BCUT2D eigenvalue weighted by Gasteiger charge is -2.39. The Morgan fingerprint density at radius 1 is 1.20 bits per heavy atom. The van der Waals surface area contributed by atoms with Crippen molar-refractivity contribution in [3.8, 4) is 6.07 Å². The molecule has 2 amide bonds. The number of hydrogen-bond donors (Lipinski definition) is 1. The van der Waals surface area contributed by atoms with Crippen molar-refractivity contribution in [2.75, 3.05) is 18.1 Å². The number of piperazine rings is 1. The normalized spacial score (nSPS) is 17.3. The number of aliphatic hydroxyl groups excluding tert-OH is 1. The largest absolute Gasteiger partial charge is 0.394 e. The van der Waals surface area contributed by atoms with Gasteiger partial charge in [0.15, 0.2) is 0 Å². The Labute approximate surface area is 170 Å². The summed E-state index contributed by atoms with van der Waals surface area (Å²) >= 11 is 0. The molecule has 0 bridgehead atoms. The molecule has 30 heavy (non-hydrogen) atoms. The lowest BCUT2D eigenvalue weighted by atomic mass is 10.0. The van der Waals surface area contributed by atoms with Crippen molar-refractivity contribution >= 4 is 17.5 Å². The molecule has 1 N–H and O–H groups in total. The van der Waals surface area contributed by atoms with Gasteiger partial charge in [-0.05, 0) is 23.8 Å². The van der Waals surface area contributed by atoms with Crippen LogP contribution >= 0.6 is 0 Å². The van der Waals surface area contributed by atoms with Crippen LogP contribution in [0.15, 0.2) is 42.5 Å². The van der Waals surface area contributed by atoms with E-state index in [0.717, 1.165) is 22.8 Å². The van der Waals surface area contributed by atoms with E-state index < -0.39 is 42.7 Å². The fraction of sp³-hybridized carbons (Fsp3) is 0.286. The van der Waals surface area contributed by atoms with E-state index in [9.17, 15) is 27.9 Å². The Kier molecular flexibility index (Phi) is 5.80. The smallest absolute Gasteiger partial charge is 0.270 e. The molecule has 3 rings (SSSR count). The van der Waals surface area contributed by atoms with Crippen LogP contribution in [0.25, 0.3) is 0 Å². The van der Waals surface area contributed by atoms with Gasteiger partial charge in [0, 0.05) is 19.0 Å². The predicted molar refractivity (Wildman–Crippen MR) is 101 cm³/mol. The number of alkyl halides is 2. The first kappa shape index (κ1) is 21.3. The number of amides is 2. The van der Waals surface area contributed by atoms with Gasteiger partial charge in [-0.15, -0.1) is 0 Å². The summed E-state index contributed by atoms with van der Waals surface area (Å²) in [6, 6.07) is 9.34. The van der Waals surface area contributed by atoms with Gasteiger partial charge in [-0.3, -0.25) is 14.5 Å². The van der Waals surface area contributed by atoms with Crippen LogP contribution in [0.3, 0.4) is 0 Å². The number of nitriles is 1. The van der Waals surface area contributed by atoms with Gasteiger partial charge < -0.3 is 10.0 Å². The quantitative estimate of drug-likeness (QED) is 0.811. The second-order valence-electron chi connectivity index (χ2n) is 7.01. The molecule has 2 aromatic carbocycles. The number of carbonyl (C=O) groups is 2. The zero-order chi connectivity index (χ0) is 22.1.